The molecule has 0 bridgehead atoms. The molecule has 5 nitrogen and oxygen atoms in total. The molecule has 0 radical (unpaired) electrons. The molecule has 0 rings (SSSR count). The molecule has 0 aliphatic carbocycles. The molecule has 0 saturated heterocycles. The van der Waals surface area contributed by atoms with Gasteiger partial charge in [-0.2, -0.15) is 0 Å². The minimum absolute atomic E-state index is 0.0734. The van der Waals surface area contributed by atoms with Crippen molar-refractivity contribution >= 4 is 6.09 Å². The van der Waals surface area contributed by atoms with Crippen LogP contribution < -0.4 is 5.32 Å². The molecule has 0 aliphatic heterocycles. The molecule has 0 fully saturated rings. The molecular weight excluding hydrogens is 208 g/mol. The number of hydrogen-bond acceptors (Lipinski definition) is 4. The standard InChI is InChI=1S/C11H24N2O3/c1-5-13(8-9-15-4)7-6-12-11(14)16-10(2)3/h10H,5-9H2,1-4H3,(H,12,14). The number of likely N-dealkylation sites (N-methyl/N-ethyl adjacent to an activating group) is 1. The van der Waals surface area contributed by atoms with Crippen LogP contribution in [0.2, 0.25) is 0 Å². The van der Waals surface area contributed by atoms with Gasteiger partial charge in [0.1, 0.15) is 0 Å². The zero-order valence-electron chi connectivity index (χ0n) is 10.8. The summed E-state index contributed by atoms with van der Waals surface area (Å²) in [5, 5.41) is 2.71. The Balaban J connectivity index is 3.57. The molecule has 96 valence electrons. The first-order valence-electron chi connectivity index (χ1n) is 5.75. The van der Waals surface area contributed by atoms with Crippen molar-refractivity contribution in [3.05, 3.63) is 0 Å². The van der Waals surface area contributed by atoms with Gasteiger partial charge in [0.05, 0.1) is 12.7 Å². The van der Waals surface area contributed by atoms with Crippen LogP contribution in [-0.4, -0.2) is 57.0 Å². The third-order valence-corrected chi connectivity index (χ3v) is 2.10. The summed E-state index contributed by atoms with van der Waals surface area (Å²) in [7, 11) is 1.69. The van der Waals surface area contributed by atoms with E-state index < -0.39 is 0 Å². The van der Waals surface area contributed by atoms with Crippen LogP contribution in [0.25, 0.3) is 0 Å². The van der Waals surface area contributed by atoms with Gasteiger partial charge in [0.15, 0.2) is 0 Å². The zero-order chi connectivity index (χ0) is 12.4. The van der Waals surface area contributed by atoms with Gasteiger partial charge in [0.2, 0.25) is 0 Å². The van der Waals surface area contributed by atoms with Crippen molar-refractivity contribution in [1.82, 2.24) is 10.2 Å². The van der Waals surface area contributed by atoms with Crippen molar-refractivity contribution in [3.63, 3.8) is 0 Å². The van der Waals surface area contributed by atoms with Gasteiger partial charge in [-0.15, -0.1) is 0 Å². The first kappa shape index (κ1) is 15.2. The number of alkyl carbamates (subject to hydrolysis) is 1. The van der Waals surface area contributed by atoms with Gasteiger partial charge in [-0.1, -0.05) is 6.92 Å². The molecule has 0 unspecified atom stereocenters. The van der Waals surface area contributed by atoms with Gasteiger partial charge in [0, 0.05) is 26.7 Å². The van der Waals surface area contributed by atoms with Crippen molar-refractivity contribution in [2.24, 2.45) is 0 Å². The second kappa shape index (κ2) is 9.42. The predicted molar refractivity (Wildman–Crippen MR) is 63.6 cm³/mol. The van der Waals surface area contributed by atoms with Gasteiger partial charge in [-0.25, -0.2) is 4.79 Å². The van der Waals surface area contributed by atoms with Crippen molar-refractivity contribution in [2.75, 3.05) is 39.9 Å². The van der Waals surface area contributed by atoms with Crippen molar-refractivity contribution in [2.45, 2.75) is 26.9 Å². The number of ether oxygens (including phenoxy) is 2. The molecule has 5 heteroatoms. The first-order valence-corrected chi connectivity index (χ1v) is 5.75. The fraction of sp³-hybridized carbons (Fsp3) is 0.909. The summed E-state index contributed by atoms with van der Waals surface area (Å²) in [5.74, 6) is 0. The van der Waals surface area contributed by atoms with Gasteiger partial charge >= 0.3 is 6.09 Å². The summed E-state index contributed by atoms with van der Waals surface area (Å²) in [5.41, 5.74) is 0. The molecule has 0 heterocycles. The van der Waals surface area contributed by atoms with E-state index in [4.69, 9.17) is 9.47 Å². The van der Waals surface area contributed by atoms with E-state index in [0.29, 0.717) is 13.2 Å². The number of rotatable bonds is 8. The highest BCUT2D eigenvalue weighted by atomic mass is 16.6. The van der Waals surface area contributed by atoms with E-state index in [1.807, 2.05) is 13.8 Å². The van der Waals surface area contributed by atoms with Crippen molar-refractivity contribution in [3.8, 4) is 0 Å². The molecule has 0 aromatic carbocycles. The fourth-order valence-electron chi connectivity index (χ4n) is 1.22. The number of amides is 1. The van der Waals surface area contributed by atoms with E-state index in [0.717, 1.165) is 19.6 Å². The largest absolute Gasteiger partial charge is 0.447 e. The summed E-state index contributed by atoms with van der Waals surface area (Å²) < 4.78 is 9.95. The van der Waals surface area contributed by atoms with Gasteiger partial charge in [-0.05, 0) is 20.4 Å². The Morgan fingerprint density at radius 3 is 2.56 bits per heavy atom. The quantitative estimate of drug-likeness (QED) is 0.680. The van der Waals surface area contributed by atoms with E-state index in [1.54, 1.807) is 7.11 Å². The van der Waals surface area contributed by atoms with Crippen molar-refractivity contribution < 1.29 is 14.3 Å². The van der Waals surface area contributed by atoms with Crippen LogP contribution in [0, 0.1) is 0 Å². The third kappa shape index (κ3) is 8.49. The maximum atomic E-state index is 11.2. The molecule has 0 aromatic heterocycles. The topological polar surface area (TPSA) is 50.8 Å². The average molecular weight is 232 g/mol. The van der Waals surface area contributed by atoms with Crippen LogP contribution in [0.4, 0.5) is 4.79 Å². The lowest BCUT2D eigenvalue weighted by atomic mass is 10.4. The Labute approximate surface area is 98.1 Å². The monoisotopic (exact) mass is 232 g/mol. The summed E-state index contributed by atoms with van der Waals surface area (Å²) >= 11 is 0. The number of nitrogens with zero attached hydrogens (tertiary/aromatic N) is 1. The highest BCUT2D eigenvalue weighted by Crippen LogP contribution is 1.89. The van der Waals surface area contributed by atoms with Crippen molar-refractivity contribution in [1.29, 1.82) is 0 Å². The highest BCUT2D eigenvalue weighted by molar-refractivity contribution is 5.67. The zero-order valence-corrected chi connectivity index (χ0v) is 10.8. The van der Waals surface area contributed by atoms with Gasteiger partial charge < -0.3 is 14.8 Å². The number of nitrogens with one attached hydrogen (secondary N) is 1. The van der Waals surface area contributed by atoms with Crippen LogP contribution >= 0.6 is 0 Å². The lowest BCUT2D eigenvalue weighted by Crippen LogP contribution is -2.37. The number of carbonyl (C=O) groups is 1. The van der Waals surface area contributed by atoms with E-state index in [1.165, 1.54) is 0 Å². The predicted octanol–water partition coefficient (Wildman–Crippen LogP) is 1.09. The number of hydrogen-bond donors (Lipinski definition) is 1. The summed E-state index contributed by atoms with van der Waals surface area (Å²) in [6.45, 7) is 9.70. The van der Waals surface area contributed by atoms with Gasteiger partial charge in [-0.3, -0.25) is 4.90 Å². The average Bonchev–Trinajstić information content (AvgIpc) is 2.22. The molecule has 16 heavy (non-hydrogen) atoms. The SMILES string of the molecule is CCN(CCNC(=O)OC(C)C)CCOC. The number of methoxy groups -OCH3 is 1. The Hall–Kier alpha value is -0.810. The molecule has 0 aromatic rings. The first-order chi connectivity index (χ1) is 7.60. The molecular formula is C11H24N2O3. The van der Waals surface area contributed by atoms with E-state index >= 15 is 0 Å². The maximum absolute atomic E-state index is 11.2. The van der Waals surface area contributed by atoms with Crippen LogP contribution in [-0.2, 0) is 9.47 Å². The molecule has 0 aliphatic rings. The molecule has 0 spiro atoms. The Morgan fingerprint density at radius 1 is 1.38 bits per heavy atom. The summed E-state index contributed by atoms with van der Waals surface area (Å²) in [6, 6.07) is 0. The van der Waals surface area contributed by atoms with Gasteiger partial charge in [0.25, 0.3) is 0 Å². The lowest BCUT2D eigenvalue weighted by molar-refractivity contribution is 0.113. The van der Waals surface area contributed by atoms with Crippen LogP contribution in [0.1, 0.15) is 20.8 Å². The summed E-state index contributed by atoms with van der Waals surface area (Å²) in [4.78, 5) is 13.4. The molecule has 1 N–H and O–H groups in total. The minimum atomic E-state index is -0.349. The second-order valence-electron chi connectivity index (χ2n) is 3.81. The Kier molecular flexibility index (Phi) is 8.94. The smallest absolute Gasteiger partial charge is 0.407 e. The molecule has 1 amide bonds. The molecule has 0 atom stereocenters. The minimum Gasteiger partial charge on any atom is -0.447 e. The third-order valence-electron chi connectivity index (χ3n) is 2.10. The van der Waals surface area contributed by atoms with E-state index in [9.17, 15) is 4.79 Å². The Bertz CT molecular complexity index is 186. The van der Waals surface area contributed by atoms with E-state index in [2.05, 4.69) is 17.1 Å². The second-order valence-corrected chi connectivity index (χ2v) is 3.81. The summed E-state index contributed by atoms with van der Waals surface area (Å²) in [6.07, 6.45) is -0.423. The fourth-order valence-corrected chi connectivity index (χ4v) is 1.22. The van der Waals surface area contributed by atoms with Crippen LogP contribution in [0.3, 0.4) is 0 Å². The van der Waals surface area contributed by atoms with Crippen LogP contribution in [0.5, 0.6) is 0 Å². The molecule has 0 saturated carbocycles. The highest BCUT2D eigenvalue weighted by Gasteiger charge is 2.05. The normalized spacial score (nSPS) is 10.9. The Morgan fingerprint density at radius 2 is 2.06 bits per heavy atom. The van der Waals surface area contributed by atoms with Crippen LogP contribution in [0.15, 0.2) is 0 Å². The lowest BCUT2D eigenvalue weighted by Gasteiger charge is -2.20. The van der Waals surface area contributed by atoms with E-state index in [-0.39, 0.29) is 12.2 Å². The number of carbonyl (C=O) groups excluding carboxylic acids is 1. The maximum Gasteiger partial charge on any atom is 0.407 e.